The highest BCUT2D eigenvalue weighted by atomic mass is 16.5. The molecule has 2 aromatic rings. The quantitative estimate of drug-likeness (QED) is 0.374. The molecule has 2 heterocycles. The van der Waals surface area contributed by atoms with Crippen LogP contribution in [0.25, 0.3) is 5.76 Å². The first-order valence-corrected chi connectivity index (χ1v) is 10.7. The summed E-state index contributed by atoms with van der Waals surface area (Å²) in [5.41, 5.74) is 0.488. The number of aliphatic hydroxyl groups is 1. The van der Waals surface area contributed by atoms with E-state index in [2.05, 4.69) is 18.7 Å². The molecule has 7 heteroatoms. The van der Waals surface area contributed by atoms with Crippen LogP contribution in [0.1, 0.15) is 43.9 Å². The summed E-state index contributed by atoms with van der Waals surface area (Å²) in [6.07, 6.45) is 0. The Hall–Kier alpha value is -3.06. The number of nitrogens with zero attached hydrogens (tertiary/aromatic N) is 2. The number of carbonyl (C=O) groups is 2. The standard InChI is InChI=1S/C24H30N2O5/c1-5-25(6-2)14-15-26-21(19-13-8-16(4)31-19)20(23(28)24(26)29)22(27)17-9-11-18(12-10-17)30-7-3/h8-13,21,27H,5-7,14-15H2,1-4H3/t21-/m0/s1. The molecule has 0 saturated carbocycles. The third-order valence-corrected chi connectivity index (χ3v) is 5.56. The highest BCUT2D eigenvalue weighted by molar-refractivity contribution is 6.46. The molecule has 0 aliphatic carbocycles. The van der Waals surface area contributed by atoms with E-state index in [1.165, 1.54) is 4.90 Å². The van der Waals surface area contributed by atoms with Crippen LogP contribution >= 0.6 is 0 Å². The number of hydrogen-bond acceptors (Lipinski definition) is 6. The van der Waals surface area contributed by atoms with E-state index in [9.17, 15) is 14.7 Å². The molecule has 1 aromatic carbocycles. The fraction of sp³-hybridized carbons (Fsp3) is 0.417. The second-order valence-electron chi connectivity index (χ2n) is 7.43. The molecule has 0 radical (unpaired) electrons. The molecule has 166 valence electrons. The van der Waals surface area contributed by atoms with Gasteiger partial charge in [0.25, 0.3) is 11.7 Å². The molecular weight excluding hydrogens is 396 g/mol. The van der Waals surface area contributed by atoms with Gasteiger partial charge in [-0.2, -0.15) is 0 Å². The van der Waals surface area contributed by atoms with Crippen molar-refractivity contribution in [3.8, 4) is 5.75 Å². The number of amides is 1. The van der Waals surface area contributed by atoms with Gasteiger partial charge >= 0.3 is 0 Å². The van der Waals surface area contributed by atoms with Crippen LogP contribution in [-0.4, -0.2) is 59.4 Å². The lowest BCUT2D eigenvalue weighted by Gasteiger charge is -2.26. The number of aliphatic hydroxyl groups excluding tert-OH is 1. The third kappa shape index (κ3) is 4.66. The predicted octanol–water partition coefficient (Wildman–Crippen LogP) is 3.75. The number of ether oxygens (including phenoxy) is 1. The number of likely N-dealkylation sites (tertiary alicyclic amines) is 1. The molecule has 1 aliphatic rings. The van der Waals surface area contributed by atoms with Crippen LogP contribution in [0, 0.1) is 6.92 Å². The normalized spacial score (nSPS) is 18.2. The molecule has 1 atom stereocenters. The molecule has 0 unspecified atom stereocenters. The van der Waals surface area contributed by atoms with Crippen molar-refractivity contribution in [3.05, 3.63) is 59.1 Å². The number of carbonyl (C=O) groups excluding carboxylic acids is 2. The minimum atomic E-state index is -0.768. The summed E-state index contributed by atoms with van der Waals surface area (Å²) in [4.78, 5) is 29.6. The van der Waals surface area contributed by atoms with Crippen molar-refractivity contribution in [1.82, 2.24) is 9.80 Å². The van der Waals surface area contributed by atoms with Gasteiger partial charge in [-0.05, 0) is 63.3 Å². The lowest BCUT2D eigenvalue weighted by Crippen LogP contribution is -2.37. The number of ketones is 1. The number of Topliss-reactive ketones (excluding diaryl/α,β-unsaturated/α-hetero) is 1. The molecule has 1 saturated heterocycles. The number of benzene rings is 1. The van der Waals surface area contributed by atoms with Crippen LogP contribution in [0.5, 0.6) is 5.75 Å². The second-order valence-corrected chi connectivity index (χ2v) is 7.43. The summed E-state index contributed by atoms with van der Waals surface area (Å²) in [7, 11) is 0. The Bertz CT molecular complexity index is 957. The Morgan fingerprint density at radius 1 is 1.10 bits per heavy atom. The van der Waals surface area contributed by atoms with Gasteiger partial charge in [0.1, 0.15) is 29.1 Å². The first kappa shape index (κ1) is 22.6. The molecule has 1 amide bonds. The van der Waals surface area contributed by atoms with Crippen LogP contribution in [0.3, 0.4) is 0 Å². The van der Waals surface area contributed by atoms with Crippen molar-refractivity contribution >= 4 is 17.4 Å². The number of likely N-dealkylation sites (N-methyl/N-ethyl adjacent to an activating group) is 1. The van der Waals surface area contributed by atoms with Gasteiger partial charge in [0, 0.05) is 18.7 Å². The zero-order valence-electron chi connectivity index (χ0n) is 18.6. The second kappa shape index (κ2) is 9.83. The minimum Gasteiger partial charge on any atom is -0.507 e. The van der Waals surface area contributed by atoms with E-state index in [1.54, 1.807) is 43.3 Å². The van der Waals surface area contributed by atoms with E-state index in [4.69, 9.17) is 9.15 Å². The molecular formula is C24H30N2O5. The summed E-state index contributed by atoms with van der Waals surface area (Å²) < 4.78 is 11.2. The van der Waals surface area contributed by atoms with Crippen LogP contribution in [0.2, 0.25) is 0 Å². The Labute approximate surface area is 182 Å². The number of furan rings is 1. The van der Waals surface area contributed by atoms with Gasteiger partial charge in [-0.15, -0.1) is 0 Å². The molecule has 0 spiro atoms. The van der Waals surface area contributed by atoms with Crippen LogP contribution < -0.4 is 4.74 Å². The summed E-state index contributed by atoms with van der Waals surface area (Å²) in [5, 5.41) is 11.0. The van der Waals surface area contributed by atoms with E-state index in [-0.39, 0.29) is 11.3 Å². The van der Waals surface area contributed by atoms with Gasteiger partial charge in [0.2, 0.25) is 0 Å². The molecule has 7 nitrogen and oxygen atoms in total. The number of hydrogen-bond donors (Lipinski definition) is 1. The number of aryl methyl sites for hydroxylation is 1. The van der Waals surface area contributed by atoms with Crippen molar-refractivity contribution in [1.29, 1.82) is 0 Å². The zero-order chi connectivity index (χ0) is 22.5. The SMILES string of the molecule is CCOc1ccc(C(O)=C2C(=O)C(=O)N(CCN(CC)CC)[C@H]2c2ccc(C)o2)cc1. The molecule has 1 fully saturated rings. The predicted molar refractivity (Wildman–Crippen MR) is 118 cm³/mol. The first-order chi connectivity index (χ1) is 14.9. The van der Waals surface area contributed by atoms with E-state index in [0.717, 1.165) is 13.1 Å². The highest BCUT2D eigenvalue weighted by Crippen LogP contribution is 2.40. The molecule has 1 N–H and O–H groups in total. The Balaban J connectivity index is 2.03. The summed E-state index contributed by atoms with van der Waals surface area (Å²) >= 11 is 0. The van der Waals surface area contributed by atoms with Crippen molar-refractivity contribution < 1.29 is 23.8 Å². The largest absolute Gasteiger partial charge is 0.507 e. The Kier molecular flexibility index (Phi) is 7.17. The van der Waals surface area contributed by atoms with E-state index < -0.39 is 17.7 Å². The maximum Gasteiger partial charge on any atom is 0.295 e. The average Bonchev–Trinajstić information content (AvgIpc) is 3.30. The monoisotopic (exact) mass is 426 g/mol. The summed E-state index contributed by atoms with van der Waals surface area (Å²) in [5.74, 6) is 0.250. The Morgan fingerprint density at radius 3 is 2.32 bits per heavy atom. The van der Waals surface area contributed by atoms with E-state index in [1.807, 2.05) is 6.92 Å². The van der Waals surface area contributed by atoms with Gasteiger partial charge in [-0.3, -0.25) is 9.59 Å². The minimum absolute atomic E-state index is 0.0445. The van der Waals surface area contributed by atoms with Gasteiger partial charge in [0.15, 0.2) is 0 Å². The Morgan fingerprint density at radius 2 is 1.77 bits per heavy atom. The van der Waals surface area contributed by atoms with Crippen LogP contribution in [-0.2, 0) is 9.59 Å². The van der Waals surface area contributed by atoms with Gasteiger partial charge in [-0.1, -0.05) is 13.8 Å². The number of rotatable bonds is 9. The van der Waals surface area contributed by atoms with Crippen molar-refractivity contribution in [2.45, 2.75) is 33.7 Å². The van der Waals surface area contributed by atoms with Gasteiger partial charge in [0.05, 0.1) is 12.2 Å². The van der Waals surface area contributed by atoms with Crippen molar-refractivity contribution in [2.24, 2.45) is 0 Å². The van der Waals surface area contributed by atoms with E-state index >= 15 is 0 Å². The van der Waals surface area contributed by atoms with E-state index in [0.29, 0.717) is 42.5 Å². The third-order valence-electron chi connectivity index (χ3n) is 5.56. The molecule has 31 heavy (non-hydrogen) atoms. The average molecular weight is 427 g/mol. The van der Waals surface area contributed by atoms with Crippen molar-refractivity contribution in [2.75, 3.05) is 32.8 Å². The fourth-order valence-corrected chi connectivity index (χ4v) is 3.83. The van der Waals surface area contributed by atoms with Crippen LogP contribution in [0.4, 0.5) is 0 Å². The molecule has 0 bridgehead atoms. The smallest absolute Gasteiger partial charge is 0.295 e. The van der Waals surface area contributed by atoms with Gasteiger partial charge < -0.3 is 24.1 Å². The van der Waals surface area contributed by atoms with Gasteiger partial charge in [-0.25, -0.2) is 0 Å². The zero-order valence-corrected chi connectivity index (χ0v) is 18.6. The molecule has 1 aliphatic heterocycles. The first-order valence-electron chi connectivity index (χ1n) is 10.7. The topological polar surface area (TPSA) is 83.2 Å². The fourth-order valence-electron chi connectivity index (χ4n) is 3.83. The van der Waals surface area contributed by atoms with Crippen molar-refractivity contribution in [3.63, 3.8) is 0 Å². The lowest BCUT2D eigenvalue weighted by atomic mass is 9.99. The highest BCUT2D eigenvalue weighted by Gasteiger charge is 2.47. The molecule has 1 aromatic heterocycles. The summed E-state index contributed by atoms with van der Waals surface area (Å²) in [6.45, 7) is 11.0. The summed E-state index contributed by atoms with van der Waals surface area (Å²) in [6, 6.07) is 9.57. The lowest BCUT2D eigenvalue weighted by molar-refractivity contribution is -0.140. The molecule has 3 rings (SSSR count). The maximum atomic E-state index is 13.0. The van der Waals surface area contributed by atoms with Crippen LogP contribution in [0.15, 0.2) is 46.4 Å². The maximum absolute atomic E-state index is 13.0.